The van der Waals surface area contributed by atoms with Crippen LogP contribution in [0.1, 0.15) is 26.4 Å². The highest BCUT2D eigenvalue weighted by atomic mass is 19.2. The quantitative estimate of drug-likeness (QED) is 0.658. The molecule has 0 aliphatic carbocycles. The number of nitrogens with zero attached hydrogens (tertiary/aromatic N) is 1. The second-order valence-corrected chi connectivity index (χ2v) is 5.78. The zero-order valence-electron chi connectivity index (χ0n) is 14.4. The van der Waals surface area contributed by atoms with Crippen LogP contribution in [0.3, 0.4) is 0 Å². The lowest BCUT2D eigenvalue weighted by Gasteiger charge is -2.09. The lowest BCUT2D eigenvalue weighted by atomic mass is 10.2. The number of rotatable bonds is 5. The van der Waals surface area contributed by atoms with Gasteiger partial charge in [0.1, 0.15) is 5.69 Å². The molecular weight excluding hydrogens is 371 g/mol. The smallest absolute Gasteiger partial charge is 0.270 e. The van der Waals surface area contributed by atoms with Crippen LogP contribution in [0.4, 0.5) is 18.9 Å². The first-order valence-corrected chi connectivity index (χ1v) is 8.18. The Labute approximate surface area is 158 Å². The Kier molecular flexibility index (Phi) is 5.69. The summed E-state index contributed by atoms with van der Waals surface area (Å²) in [6, 6.07) is 13.3. The van der Waals surface area contributed by atoms with Crippen molar-refractivity contribution in [3.05, 3.63) is 95.1 Å². The molecular formula is C20H14F3N3O2. The maximum Gasteiger partial charge on any atom is 0.270 e. The molecule has 28 heavy (non-hydrogen) atoms. The zero-order chi connectivity index (χ0) is 20.1. The average Bonchev–Trinajstić information content (AvgIpc) is 2.73. The molecule has 0 fully saturated rings. The van der Waals surface area contributed by atoms with Gasteiger partial charge in [0.05, 0.1) is 5.69 Å². The van der Waals surface area contributed by atoms with Crippen molar-refractivity contribution in [2.45, 2.75) is 6.54 Å². The summed E-state index contributed by atoms with van der Waals surface area (Å²) in [6.45, 7) is 0.276. The second-order valence-electron chi connectivity index (χ2n) is 5.78. The maximum absolute atomic E-state index is 13.7. The van der Waals surface area contributed by atoms with Gasteiger partial charge >= 0.3 is 0 Å². The molecule has 2 N–H and O–H groups in total. The van der Waals surface area contributed by atoms with Crippen molar-refractivity contribution in [2.24, 2.45) is 0 Å². The van der Waals surface area contributed by atoms with Gasteiger partial charge in [-0.05, 0) is 29.8 Å². The monoisotopic (exact) mass is 385 g/mol. The van der Waals surface area contributed by atoms with Gasteiger partial charge in [0.15, 0.2) is 17.5 Å². The minimum absolute atomic E-state index is 0.00370. The van der Waals surface area contributed by atoms with E-state index in [2.05, 4.69) is 15.6 Å². The van der Waals surface area contributed by atoms with Gasteiger partial charge in [-0.25, -0.2) is 13.2 Å². The molecule has 1 aromatic heterocycles. The van der Waals surface area contributed by atoms with Gasteiger partial charge in [0, 0.05) is 18.3 Å². The molecule has 0 saturated carbocycles. The average molecular weight is 385 g/mol. The van der Waals surface area contributed by atoms with Gasteiger partial charge in [-0.2, -0.15) is 0 Å². The van der Waals surface area contributed by atoms with Crippen LogP contribution in [0.25, 0.3) is 0 Å². The van der Waals surface area contributed by atoms with E-state index in [1.807, 2.05) is 30.3 Å². The van der Waals surface area contributed by atoms with Crippen molar-refractivity contribution in [3.63, 3.8) is 0 Å². The molecule has 2 aromatic carbocycles. The summed E-state index contributed by atoms with van der Waals surface area (Å²) in [5.41, 5.74) is 0.354. The molecule has 0 aliphatic rings. The van der Waals surface area contributed by atoms with Gasteiger partial charge in [-0.1, -0.05) is 30.3 Å². The van der Waals surface area contributed by atoms with Crippen LogP contribution in [-0.4, -0.2) is 16.8 Å². The molecule has 0 aliphatic heterocycles. The topological polar surface area (TPSA) is 71.1 Å². The van der Waals surface area contributed by atoms with Crippen molar-refractivity contribution in [1.29, 1.82) is 0 Å². The van der Waals surface area contributed by atoms with E-state index in [0.29, 0.717) is 6.07 Å². The highest BCUT2D eigenvalue weighted by Gasteiger charge is 2.17. The maximum atomic E-state index is 13.7. The Morgan fingerprint density at radius 3 is 2.39 bits per heavy atom. The minimum Gasteiger partial charge on any atom is -0.347 e. The van der Waals surface area contributed by atoms with Crippen LogP contribution >= 0.6 is 0 Å². The largest absolute Gasteiger partial charge is 0.347 e. The minimum atomic E-state index is -1.69. The number of nitrogens with one attached hydrogen (secondary N) is 2. The van der Waals surface area contributed by atoms with E-state index in [-0.39, 0.29) is 17.8 Å². The molecule has 5 nitrogen and oxygen atoms in total. The van der Waals surface area contributed by atoms with Gasteiger partial charge in [-0.3, -0.25) is 14.6 Å². The molecule has 0 bridgehead atoms. The first kappa shape index (κ1) is 19.1. The van der Waals surface area contributed by atoms with Gasteiger partial charge in [0.25, 0.3) is 11.8 Å². The number of carbonyl (C=O) groups excluding carboxylic acids is 2. The lowest BCUT2D eigenvalue weighted by Crippen LogP contribution is -2.24. The third-order valence-corrected chi connectivity index (χ3v) is 3.83. The van der Waals surface area contributed by atoms with Gasteiger partial charge in [-0.15, -0.1) is 0 Å². The summed E-state index contributed by atoms with van der Waals surface area (Å²) < 4.78 is 40.0. The molecule has 1 heterocycles. The van der Waals surface area contributed by atoms with Crippen LogP contribution in [0.15, 0.2) is 60.8 Å². The molecule has 0 saturated heterocycles. The molecule has 142 valence electrons. The molecule has 0 unspecified atom stereocenters. The van der Waals surface area contributed by atoms with Crippen LogP contribution in [0.5, 0.6) is 0 Å². The fourth-order valence-corrected chi connectivity index (χ4v) is 2.38. The second kappa shape index (κ2) is 8.34. The molecule has 3 aromatic rings. The summed E-state index contributed by atoms with van der Waals surface area (Å²) in [4.78, 5) is 28.4. The number of benzene rings is 2. The van der Waals surface area contributed by atoms with E-state index in [9.17, 15) is 22.8 Å². The van der Waals surface area contributed by atoms with Gasteiger partial charge in [0.2, 0.25) is 0 Å². The van der Waals surface area contributed by atoms with Gasteiger partial charge < -0.3 is 10.6 Å². The summed E-state index contributed by atoms with van der Waals surface area (Å²) in [5, 5.41) is 4.81. The number of pyridine rings is 1. The van der Waals surface area contributed by atoms with Crippen LogP contribution in [0, 0.1) is 17.5 Å². The number of carbonyl (C=O) groups is 2. The molecule has 0 radical (unpaired) electrons. The van der Waals surface area contributed by atoms with E-state index >= 15 is 0 Å². The Bertz CT molecular complexity index is 1030. The Balaban J connectivity index is 1.71. The van der Waals surface area contributed by atoms with E-state index in [1.165, 1.54) is 18.3 Å². The van der Waals surface area contributed by atoms with E-state index < -0.39 is 35.0 Å². The Hall–Kier alpha value is -3.68. The summed E-state index contributed by atoms with van der Waals surface area (Å²) >= 11 is 0. The Morgan fingerprint density at radius 2 is 1.64 bits per heavy atom. The third-order valence-electron chi connectivity index (χ3n) is 3.83. The van der Waals surface area contributed by atoms with Crippen molar-refractivity contribution < 1.29 is 22.8 Å². The van der Waals surface area contributed by atoms with Crippen LogP contribution in [-0.2, 0) is 6.54 Å². The predicted molar refractivity (Wildman–Crippen MR) is 96.1 cm³/mol. The standard InChI is InChI=1S/C20H14F3N3O2/c21-14-6-7-15(18(23)17(14)22)26-19(27)13-8-9-24-16(10-13)20(28)25-11-12-4-2-1-3-5-12/h1-10H,11H2,(H,25,28)(H,26,27). The number of hydrogen-bond donors (Lipinski definition) is 2. The van der Waals surface area contributed by atoms with Crippen LogP contribution < -0.4 is 10.6 Å². The Morgan fingerprint density at radius 1 is 0.893 bits per heavy atom. The first-order chi connectivity index (χ1) is 13.5. The lowest BCUT2D eigenvalue weighted by molar-refractivity contribution is 0.0946. The SMILES string of the molecule is O=C(Nc1ccc(F)c(F)c1F)c1ccnc(C(=O)NCc2ccccc2)c1. The third kappa shape index (κ3) is 4.35. The zero-order valence-corrected chi connectivity index (χ0v) is 14.4. The predicted octanol–water partition coefficient (Wildman–Crippen LogP) is 3.68. The molecule has 3 rings (SSSR count). The molecule has 0 spiro atoms. The molecule has 2 amide bonds. The highest BCUT2D eigenvalue weighted by Crippen LogP contribution is 2.20. The number of halogens is 3. The summed E-state index contributed by atoms with van der Waals surface area (Å²) in [7, 11) is 0. The first-order valence-electron chi connectivity index (χ1n) is 8.18. The van der Waals surface area contributed by atoms with Crippen molar-refractivity contribution in [2.75, 3.05) is 5.32 Å². The van der Waals surface area contributed by atoms with Crippen LogP contribution in [0.2, 0.25) is 0 Å². The number of anilines is 1. The fraction of sp³-hybridized carbons (Fsp3) is 0.0500. The summed E-state index contributed by atoms with van der Waals surface area (Å²) in [6.07, 6.45) is 1.24. The van der Waals surface area contributed by atoms with E-state index in [0.717, 1.165) is 11.6 Å². The van der Waals surface area contributed by atoms with Crippen molar-refractivity contribution in [3.8, 4) is 0 Å². The number of amides is 2. The number of hydrogen-bond acceptors (Lipinski definition) is 3. The molecule has 0 atom stereocenters. The van der Waals surface area contributed by atoms with E-state index in [4.69, 9.17) is 0 Å². The highest BCUT2D eigenvalue weighted by molar-refractivity contribution is 6.05. The fourth-order valence-electron chi connectivity index (χ4n) is 2.38. The normalized spacial score (nSPS) is 10.4. The van der Waals surface area contributed by atoms with Crippen molar-refractivity contribution >= 4 is 17.5 Å². The summed E-state index contributed by atoms with van der Waals surface area (Å²) in [5.74, 6) is -5.87. The number of aromatic nitrogens is 1. The molecule has 8 heteroatoms. The van der Waals surface area contributed by atoms with Crippen molar-refractivity contribution in [1.82, 2.24) is 10.3 Å². The van der Waals surface area contributed by atoms with E-state index in [1.54, 1.807) is 0 Å².